The number of nitrogens with two attached hydrogens (primary N) is 1. The zero-order valence-electron chi connectivity index (χ0n) is 32.2. The van der Waals surface area contributed by atoms with E-state index in [0.29, 0.717) is 42.7 Å². The minimum atomic E-state index is -0.547. The van der Waals surface area contributed by atoms with Crippen LogP contribution in [0.15, 0.2) is 24.8 Å². The average molecular weight is 681 g/mol. The van der Waals surface area contributed by atoms with Crippen LogP contribution in [0.1, 0.15) is 132 Å². The van der Waals surface area contributed by atoms with Crippen molar-refractivity contribution in [1.29, 1.82) is 0 Å². The molecule has 5 aliphatic carbocycles. The van der Waals surface area contributed by atoms with Gasteiger partial charge in [-0.25, -0.2) is 0 Å². The molecule has 1 amide bonds. The molecule has 7 nitrogen and oxygen atoms in total. The highest BCUT2D eigenvalue weighted by atomic mass is 16.5. The van der Waals surface area contributed by atoms with Crippen molar-refractivity contribution in [2.45, 2.75) is 139 Å². The van der Waals surface area contributed by atoms with E-state index in [1.54, 1.807) is 6.08 Å². The van der Waals surface area contributed by atoms with Crippen molar-refractivity contribution >= 4 is 17.8 Å². The predicted octanol–water partition coefficient (Wildman–Crippen LogP) is 8.17. The number of hydrogen-bond acceptors (Lipinski definition) is 6. The van der Waals surface area contributed by atoms with Crippen LogP contribution in [0.3, 0.4) is 0 Å². The predicted molar refractivity (Wildman–Crippen MR) is 195 cm³/mol. The first-order valence-corrected chi connectivity index (χ1v) is 19.4. The lowest BCUT2D eigenvalue weighted by Crippen LogP contribution is -2.67. The van der Waals surface area contributed by atoms with Gasteiger partial charge in [0.05, 0.1) is 18.3 Å². The van der Waals surface area contributed by atoms with Crippen LogP contribution in [0.2, 0.25) is 0 Å². The number of esters is 2. The van der Waals surface area contributed by atoms with Crippen molar-refractivity contribution in [1.82, 2.24) is 5.32 Å². The van der Waals surface area contributed by atoms with Gasteiger partial charge in [-0.1, -0.05) is 73.3 Å². The van der Waals surface area contributed by atoms with E-state index in [0.717, 1.165) is 44.9 Å². The minimum absolute atomic E-state index is 0.144. The van der Waals surface area contributed by atoms with Gasteiger partial charge in [-0.2, -0.15) is 0 Å². The maximum absolute atomic E-state index is 14.0. The first-order valence-electron chi connectivity index (χ1n) is 19.4. The molecule has 0 aromatic heterocycles. The highest BCUT2D eigenvalue weighted by Gasteiger charge is 2.72. The van der Waals surface area contributed by atoms with Gasteiger partial charge in [-0.3, -0.25) is 14.4 Å². The van der Waals surface area contributed by atoms with E-state index in [1.165, 1.54) is 24.8 Å². The zero-order chi connectivity index (χ0) is 36.2. The van der Waals surface area contributed by atoms with Gasteiger partial charge in [0.1, 0.15) is 12.7 Å². The highest BCUT2D eigenvalue weighted by Crippen LogP contribution is 2.77. The van der Waals surface area contributed by atoms with E-state index >= 15 is 0 Å². The van der Waals surface area contributed by atoms with Gasteiger partial charge in [0, 0.05) is 18.5 Å². The number of nitrogens with one attached hydrogen (secondary N) is 1. The second kappa shape index (κ2) is 13.4. The van der Waals surface area contributed by atoms with Crippen molar-refractivity contribution in [3.63, 3.8) is 0 Å². The van der Waals surface area contributed by atoms with E-state index in [1.807, 2.05) is 13.8 Å². The largest absolute Gasteiger partial charge is 0.462 e. The molecule has 0 aromatic rings. The maximum Gasteiger partial charge on any atom is 0.306 e. The molecule has 0 spiro atoms. The average Bonchev–Trinajstić information content (AvgIpc) is 3.41. The van der Waals surface area contributed by atoms with Crippen LogP contribution >= 0.6 is 0 Å². The van der Waals surface area contributed by atoms with E-state index in [4.69, 9.17) is 15.2 Å². The monoisotopic (exact) mass is 681 g/mol. The summed E-state index contributed by atoms with van der Waals surface area (Å²) in [5.41, 5.74) is 6.54. The summed E-state index contributed by atoms with van der Waals surface area (Å²) in [7, 11) is 0. The number of carbonyl (C=O) groups is 3. The van der Waals surface area contributed by atoms with Crippen LogP contribution in [-0.2, 0) is 23.9 Å². The van der Waals surface area contributed by atoms with Crippen molar-refractivity contribution < 1.29 is 23.9 Å². The zero-order valence-corrected chi connectivity index (χ0v) is 32.2. The molecule has 5 aliphatic rings. The Kier molecular flexibility index (Phi) is 10.4. The molecule has 49 heavy (non-hydrogen) atoms. The molecule has 0 bridgehead atoms. The molecule has 5 rings (SSSR count). The Morgan fingerprint density at radius 1 is 0.878 bits per heavy atom. The number of allylic oxidation sites excluding steroid dienone is 1. The van der Waals surface area contributed by atoms with Gasteiger partial charge in [0.15, 0.2) is 0 Å². The molecule has 0 aromatic carbocycles. The summed E-state index contributed by atoms with van der Waals surface area (Å²) >= 11 is 0. The molecule has 0 radical (unpaired) electrons. The fourth-order valence-corrected chi connectivity index (χ4v) is 13.3. The summed E-state index contributed by atoms with van der Waals surface area (Å²) in [6.45, 7) is 27.8. The summed E-state index contributed by atoms with van der Waals surface area (Å²) in [5, 5.41) is 3.24. The minimum Gasteiger partial charge on any atom is -0.462 e. The third-order valence-corrected chi connectivity index (χ3v) is 15.8. The third kappa shape index (κ3) is 6.24. The molecular weight excluding hydrogens is 612 g/mol. The van der Waals surface area contributed by atoms with Crippen LogP contribution in [-0.4, -0.2) is 43.6 Å². The summed E-state index contributed by atoms with van der Waals surface area (Å²) < 4.78 is 11.5. The Morgan fingerprint density at radius 2 is 1.57 bits per heavy atom. The van der Waals surface area contributed by atoms with E-state index < -0.39 is 5.41 Å². The molecular formula is C42H68N2O5. The molecule has 7 heteroatoms. The molecule has 3 unspecified atom stereocenters. The Balaban J connectivity index is 1.35. The van der Waals surface area contributed by atoms with Gasteiger partial charge in [-0.05, 0) is 122 Å². The number of fused-ring (bicyclic) bond motifs is 7. The fraction of sp³-hybridized carbons (Fsp3) is 0.833. The van der Waals surface area contributed by atoms with Gasteiger partial charge < -0.3 is 20.5 Å². The summed E-state index contributed by atoms with van der Waals surface area (Å²) in [5.74, 6) is 1.96. The Morgan fingerprint density at radius 3 is 2.22 bits per heavy atom. The summed E-state index contributed by atoms with van der Waals surface area (Å²) in [4.78, 5) is 39.7. The Bertz CT molecular complexity index is 1320. The number of carbonyl (C=O) groups excluding carboxylic acids is 3. The van der Waals surface area contributed by atoms with Gasteiger partial charge in [0.25, 0.3) is 0 Å². The molecule has 0 aliphatic heterocycles. The van der Waals surface area contributed by atoms with Crippen molar-refractivity contribution in [2.24, 2.45) is 67.8 Å². The normalized spacial score (nSPS) is 40.8. The third-order valence-electron chi connectivity index (χ3n) is 15.8. The number of ether oxygens (including phenoxy) is 2. The standard InChI is InChI=1S/C42H68N2O5/c1-11-24-48-33(45)25-37(4,5)26-34(46)49-32-16-17-39(8)30(38(32,6)7)15-18-41(10)31(39)13-12-29-35-28(27(2)3)14-19-42(35,21-20-40(29,41)9)36(47)44-23-22-43/h11,28-32,35H,1-2,12-26,43H2,3-10H3,(H,44,47)/t28-,29+,30?,31?,32-,35?,39-,40+,41+,42-/m0/s1. The molecule has 276 valence electrons. The number of amides is 1. The molecule has 0 heterocycles. The van der Waals surface area contributed by atoms with Gasteiger partial charge in [-0.15, -0.1) is 0 Å². The van der Waals surface area contributed by atoms with E-state index in [9.17, 15) is 14.4 Å². The first-order chi connectivity index (χ1) is 22.8. The highest BCUT2D eigenvalue weighted by molar-refractivity contribution is 5.84. The maximum atomic E-state index is 14.0. The van der Waals surface area contributed by atoms with Crippen LogP contribution in [0, 0.1) is 62.1 Å². The van der Waals surface area contributed by atoms with Crippen LogP contribution in [0.5, 0.6) is 0 Å². The van der Waals surface area contributed by atoms with Crippen molar-refractivity contribution in [2.75, 3.05) is 19.7 Å². The number of hydrogen-bond donors (Lipinski definition) is 2. The lowest BCUT2D eigenvalue weighted by molar-refractivity contribution is -0.249. The summed E-state index contributed by atoms with van der Waals surface area (Å²) in [6.07, 6.45) is 12.4. The topological polar surface area (TPSA) is 108 Å². The Hall–Kier alpha value is -2.15. The fourth-order valence-electron chi connectivity index (χ4n) is 13.3. The quantitative estimate of drug-likeness (QED) is 0.168. The molecule has 0 saturated heterocycles. The lowest BCUT2D eigenvalue weighted by Gasteiger charge is -2.72. The van der Waals surface area contributed by atoms with E-state index in [2.05, 4.69) is 60.0 Å². The van der Waals surface area contributed by atoms with Crippen molar-refractivity contribution in [3.8, 4) is 0 Å². The SMILES string of the molecule is C=CCOC(=O)CC(C)(C)CC(=O)O[C@H]1CC[C@@]2(C)C(CC[C@]3(C)C2CC[C@@H]2C4[C@H](C(=C)C)CC[C@]4(C(=O)NCCN)CC[C@]23C)C1(C)C. The van der Waals surface area contributed by atoms with Crippen LogP contribution in [0.4, 0.5) is 0 Å². The Labute approximate surface area is 297 Å². The number of rotatable bonds is 11. The summed E-state index contributed by atoms with van der Waals surface area (Å²) in [6, 6.07) is 0. The molecule has 5 fully saturated rings. The lowest BCUT2D eigenvalue weighted by atomic mass is 9.32. The van der Waals surface area contributed by atoms with Gasteiger partial charge >= 0.3 is 11.9 Å². The smallest absolute Gasteiger partial charge is 0.306 e. The van der Waals surface area contributed by atoms with Gasteiger partial charge in [0.2, 0.25) is 5.91 Å². The molecule has 3 N–H and O–H groups in total. The van der Waals surface area contributed by atoms with Crippen molar-refractivity contribution in [3.05, 3.63) is 24.8 Å². The molecule has 10 atom stereocenters. The second-order valence-corrected chi connectivity index (χ2v) is 19.2. The first kappa shape index (κ1) is 38.1. The van der Waals surface area contributed by atoms with Crippen LogP contribution in [0.25, 0.3) is 0 Å². The molecule has 5 saturated carbocycles. The second-order valence-electron chi connectivity index (χ2n) is 19.2. The van der Waals surface area contributed by atoms with E-state index in [-0.39, 0.29) is 70.5 Å². The van der Waals surface area contributed by atoms with Crippen LogP contribution < -0.4 is 11.1 Å².